The van der Waals surface area contributed by atoms with Crippen molar-refractivity contribution in [2.24, 2.45) is 11.8 Å². The lowest BCUT2D eigenvalue weighted by Crippen LogP contribution is -2.24. The Kier molecular flexibility index (Phi) is 2.68. The Labute approximate surface area is 71.0 Å². The Hall–Kier alpha value is -1.06. The summed E-state index contributed by atoms with van der Waals surface area (Å²) in [4.78, 5) is 21.5. The second-order valence-corrected chi connectivity index (χ2v) is 3.12. The fraction of sp³-hybridized carbons (Fsp3) is 0.750. The molecule has 0 bridgehead atoms. The van der Waals surface area contributed by atoms with E-state index in [0.717, 1.165) is 0 Å². The van der Waals surface area contributed by atoms with Crippen molar-refractivity contribution >= 4 is 11.9 Å². The molecule has 0 aromatic heterocycles. The van der Waals surface area contributed by atoms with E-state index < -0.39 is 5.97 Å². The van der Waals surface area contributed by atoms with E-state index in [2.05, 4.69) is 5.32 Å². The average Bonchev–Trinajstić information content (AvgIpc) is 2.37. The molecule has 0 aliphatic carbocycles. The van der Waals surface area contributed by atoms with E-state index in [9.17, 15) is 9.59 Å². The van der Waals surface area contributed by atoms with Gasteiger partial charge in [0.2, 0.25) is 5.91 Å². The third-order valence-electron chi connectivity index (χ3n) is 2.34. The molecule has 4 nitrogen and oxygen atoms in total. The summed E-state index contributed by atoms with van der Waals surface area (Å²) >= 11 is 0. The van der Waals surface area contributed by atoms with Gasteiger partial charge in [-0.25, -0.2) is 0 Å². The number of rotatable bonds is 3. The largest absolute Gasteiger partial charge is 0.481 e. The molecular formula is C8H13NO3. The van der Waals surface area contributed by atoms with Gasteiger partial charge in [-0.3, -0.25) is 9.59 Å². The number of carboxylic acids is 1. The lowest BCUT2D eigenvalue weighted by atomic mass is 9.89. The highest BCUT2D eigenvalue weighted by molar-refractivity contribution is 5.80. The smallest absolute Gasteiger partial charge is 0.306 e. The van der Waals surface area contributed by atoms with Gasteiger partial charge in [0.25, 0.3) is 0 Å². The molecule has 1 fully saturated rings. The lowest BCUT2D eigenvalue weighted by Gasteiger charge is -2.14. The summed E-state index contributed by atoms with van der Waals surface area (Å²) < 4.78 is 0. The Morgan fingerprint density at radius 3 is 2.83 bits per heavy atom. The van der Waals surface area contributed by atoms with Crippen LogP contribution in [-0.2, 0) is 9.59 Å². The molecule has 2 unspecified atom stereocenters. The van der Waals surface area contributed by atoms with Gasteiger partial charge in [-0.2, -0.15) is 0 Å². The van der Waals surface area contributed by atoms with Crippen molar-refractivity contribution in [2.45, 2.75) is 19.8 Å². The van der Waals surface area contributed by atoms with Crippen molar-refractivity contribution in [3.63, 3.8) is 0 Å². The van der Waals surface area contributed by atoms with Crippen LogP contribution in [0.1, 0.15) is 19.8 Å². The first kappa shape index (κ1) is 9.03. The fourth-order valence-electron chi connectivity index (χ4n) is 1.62. The zero-order valence-electron chi connectivity index (χ0n) is 7.04. The molecule has 1 aliphatic heterocycles. The zero-order chi connectivity index (χ0) is 9.14. The summed E-state index contributed by atoms with van der Waals surface area (Å²) in [5.74, 6) is -1.21. The molecule has 4 heteroatoms. The second kappa shape index (κ2) is 3.56. The minimum atomic E-state index is -0.793. The topological polar surface area (TPSA) is 66.4 Å². The van der Waals surface area contributed by atoms with Crippen LogP contribution < -0.4 is 5.32 Å². The summed E-state index contributed by atoms with van der Waals surface area (Å²) in [6, 6.07) is 0. The molecule has 1 heterocycles. The van der Waals surface area contributed by atoms with Gasteiger partial charge in [-0.05, 0) is 12.3 Å². The van der Waals surface area contributed by atoms with Crippen LogP contribution in [0, 0.1) is 11.8 Å². The van der Waals surface area contributed by atoms with Crippen LogP contribution >= 0.6 is 0 Å². The molecule has 1 aliphatic rings. The molecule has 0 aromatic rings. The molecule has 0 saturated carbocycles. The van der Waals surface area contributed by atoms with E-state index in [-0.39, 0.29) is 17.7 Å². The van der Waals surface area contributed by atoms with Crippen molar-refractivity contribution < 1.29 is 14.7 Å². The first-order valence-corrected chi connectivity index (χ1v) is 4.14. The number of aliphatic carboxylic acids is 1. The minimum absolute atomic E-state index is 0.0139. The Balaban J connectivity index is 2.55. The van der Waals surface area contributed by atoms with Crippen LogP contribution in [0.4, 0.5) is 0 Å². The number of hydrogen-bond acceptors (Lipinski definition) is 2. The maximum Gasteiger partial charge on any atom is 0.306 e. The van der Waals surface area contributed by atoms with Gasteiger partial charge in [0.05, 0.1) is 5.92 Å². The molecule has 1 amide bonds. The summed E-state index contributed by atoms with van der Waals surface area (Å²) in [5, 5.41) is 11.4. The van der Waals surface area contributed by atoms with E-state index in [0.29, 0.717) is 19.4 Å². The minimum Gasteiger partial charge on any atom is -0.481 e. The molecular weight excluding hydrogens is 158 g/mol. The quantitative estimate of drug-likeness (QED) is 0.639. The third-order valence-corrected chi connectivity index (χ3v) is 2.34. The number of carboxylic acid groups (broad SMARTS) is 1. The lowest BCUT2D eigenvalue weighted by molar-refractivity contribution is -0.143. The Bertz CT molecular complexity index is 202. The van der Waals surface area contributed by atoms with Gasteiger partial charge in [-0.15, -0.1) is 0 Å². The summed E-state index contributed by atoms with van der Waals surface area (Å²) in [6.45, 7) is 2.35. The highest BCUT2D eigenvalue weighted by atomic mass is 16.4. The van der Waals surface area contributed by atoms with Crippen LogP contribution in [0.5, 0.6) is 0 Å². The van der Waals surface area contributed by atoms with Gasteiger partial charge in [0.15, 0.2) is 0 Å². The van der Waals surface area contributed by atoms with Crippen LogP contribution in [0.25, 0.3) is 0 Å². The summed E-state index contributed by atoms with van der Waals surface area (Å²) in [6.07, 6.45) is 0.958. The normalized spacial score (nSPS) is 25.1. The van der Waals surface area contributed by atoms with Gasteiger partial charge < -0.3 is 10.4 Å². The maximum absolute atomic E-state index is 10.8. The first-order chi connectivity index (χ1) is 5.65. The van der Waals surface area contributed by atoms with Crippen molar-refractivity contribution in [3.8, 4) is 0 Å². The van der Waals surface area contributed by atoms with Crippen LogP contribution in [0.2, 0.25) is 0 Å². The van der Waals surface area contributed by atoms with Gasteiger partial charge in [-0.1, -0.05) is 6.92 Å². The number of nitrogens with one attached hydrogen (secondary N) is 1. The van der Waals surface area contributed by atoms with Crippen molar-refractivity contribution in [1.82, 2.24) is 5.32 Å². The molecule has 0 spiro atoms. The predicted octanol–water partition coefficient (Wildman–Crippen LogP) is 0.233. The number of amides is 1. The molecule has 1 saturated heterocycles. The molecule has 0 aromatic carbocycles. The third kappa shape index (κ3) is 1.75. The SMILES string of the molecule is CCC(C(=O)O)C1CNC(=O)C1. The Morgan fingerprint density at radius 2 is 2.50 bits per heavy atom. The number of hydrogen-bond donors (Lipinski definition) is 2. The van der Waals surface area contributed by atoms with Gasteiger partial charge in [0, 0.05) is 13.0 Å². The molecule has 1 rings (SSSR count). The Morgan fingerprint density at radius 1 is 1.83 bits per heavy atom. The van der Waals surface area contributed by atoms with Crippen LogP contribution in [0.3, 0.4) is 0 Å². The first-order valence-electron chi connectivity index (χ1n) is 4.14. The van der Waals surface area contributed by atoms with Gasteiger partial charge in [0.1, 0.15) is 0 Å². The summed E-state index contributed by atoms with van der Waals surface area (Å²) in [7, 11) is 0. The number of carbonyl (C=O) groups excluding carboxylic acids is 1. The standard InChI is InChI=1S/C8H13NO3/c1-2-6(8(11)12)5-3-7(10)9-4-5/h5-6H,2-4H2,1H3,(H,9,10)(H,11,12). The van der Waals surface area contributed by atoms with E-state index in [4.69, 9.17) is 5.11 Å². The van der Waals surface area contributed by atoms with Gasteiger partial charge >= 0.3 is 5.97 Å². The van der Waals surface area contributed by atoms with Crippen molar-refractivity contribution in [3.05, 3.63) is 0 Å². The van der Waals surface area contributed by atoms with Crippen molar-refractivity contribution in [2.75, 3.05) is 6.54 Å². The molecule has 2 N–H and O–H groups in total. The van der Waals surface area contributed by atoms with E-state index in [1.807, 2.05) is 6.92 Å². The predicted molar refractivity (Wildman–Crippen MR) is 42.5 cm³/mol. The highest BCUT2D eigenvalue weighted by Crippen LogP contribution is 2.22. The van der Waals surface area contributed by atoms with E-state index >= 15 is 0 Å². The fourth-order valence-corrected chi connectivity index (χ4v) is 1.62. The van der Waals surface area contributed by atoms with E-state index in [1.165, 1.54) is 0 Å². The average molecular weight is 171 g/mol. The molecule has 68 valence electrons. The second-order valence-electron chi connectivity index (χ2n) is 3.12. The highest BCUT2D eigenvalue weighted by Gasteiger charge is 2.32. The van der Waals surface area contributed by atoms with E-state index in [1.54, 1.807) is 0 Å². The summed E-state index contributed by atoms with van der Waals surface area (Å²) in [5.41, 5.74) is 0. The molecule has 0 radical (unpaired) electrons. The molecule has 2 atom stereocenters. The number of carbonyl (C=O) groups is 2. The monoisotopic (exact) mass is 171 g/mol. The van der Waals surface area contributed by atoms with Crippen LogP contribution in [0.15, 0.2) is 0 Å². The van der Waals surface area contributed by atoms with Crippen molar-refractivity contribution in [1.29, 1.82) is 0 Å². The van der Waals surface area contributed by atoms with Crippen LogP contribution in [-0.4, -0.2) is 23.5 Å². The molecule has 12 heavy (non-hydrogen) atoms. The zero-order valence-corrected chi connectivity index (χ0v) is 7.04. The maximum atomic E-state index is 10.8.